The van der Waals surface area contributed by atoms with Gasteiger partial charge in [0.1, 0.15) is 24.0 Å². The fraction of sp³-hybridized carbons (Fsp3) is 0.0833. The van der Waals surface area contributed by atoms with Gasteiger partial charge in [-0.1, -0.05) is 17.3 Å². The first-order chi connectivity index (χ1) is 9.92. The van der Waals surface area contributed by atoms with Crippen LogP contribution in [0.15, 0.2) is 36.9 Å². The van der Waals surface area contributed by atoms with Gasteiger partial charge in [-0.3, -0.25) is 0 Å². The van der Waals surface area contributed by atoms with E-state index in [9.17, 15) is 0 Å². The molecule has 0 aliphatic carbocycles. The van der Waals surface area contributed by atoms with E-state index in [-0.39, 0.29) is 0 Å². The molecule has 0 fully saturated rings. The number of rotatable bonds is 3. The summed E-state index contributed by atoms with van der Waals surface area (Å²) in [6, 6.07) is 7.80. The van der Waals surface area contributed by atoms with E-state index >= 15 is 0 Å². The number of H-pyrrole nitrogens is 1. The summed E-state index contributed by atoms with van der Waals surface area (Å²) in [6.07, 6.45) is 3.07. The van der Waals surface area contributed by atoms with Crippen LogP contribution in [0.5, 0.6) is 0 Å². The first kappa shape index (κ1) is 10.9. The van der Waals surface area contributed by atoms with Crippen molar-refractivity contribution in [3.8, 4) is 0 Å². The van der Waals surface area contributed by atoms with Crippen molar-refractivity contribution in [3.05, 3.63) is 36.9 Å². The Hall–Kier alpha value is -3.03. The van der Waals surface area contributed by atoms with Gasteiger partial charge in [0.15, 0.2) is 11.5 Å². The zero-order chi connectivity index (χ0) is 13.4. The smallest absolute Gasteiger partial charge is 0.182 e. The van der Waals surface area contributed by atoms with Crippen LogP contribution in [-0.2, 0) is 6.67 Å². The summed E-state index contributed by atoms with van der Waals surface area (Å²) < 4.78 is 1.78. The summed E-state index contributed by atoms with van der Waals surface area (Å²) in [6.45, 7) is 0.464. The third-order valence-electron chi connectivity index (χ3n) is 3.04. The minimum absolute atomic E-state index is 0.464. The molecule has 98 valence electrons. The number of aromatic amines is 1. The topological polar surface area (TPSA) is 97.2 Å². The highest BCUT2D eigenvalue weighted by atomic mass is 15.5. The number of benzene rings is 1. The summed E-state index contributed by atoms with van der Waals surface area (Å²) in [5, 5.41) is 11.4. The Labute approximate surface area is 112 Å². The molecule has 3 aromatic heterocycles. The number of imidazole rings is 1. The lowest BCUT2D eigenvalue weighted by molar-refractivity contribution is 0.654. The molecule has 0 aliphatic heterocycles. The quantitative estimate of drug-likeness (QED) is 0.577. The molecule has 0 spiro atoms. The summed E-state index contributed by atoms with van der Waals surface area (Å²) in [7, 11) is 0. The van der Waals surface area contributed by atoms with Crippen LogP contribution in [0.25, 0.3) is 22.2 Å². The van der Waals surface area contributed by atoms with Crippen molar-refractivity contribution in [2.45, 2.75) is 6.67 Å². The van der Waals surface area contributed by atoms with Crippen molar-refractivity contribution in [2.24, 2.45) is 0 Å². The molecule has 4 rings (SSSR count). The molecule has 0 unspecified atom stereocenters. The molecule has 0 amide bonds. The summed E-state index contributed by atoms with van der Waals surface area (Å²) in [5.41, 5.74) is 3.24. The van der Waals surface area contributed by atoms with Crippen molar-refractivity contribution in [1.29, 1.82) is 0 Å². The fourth-order valence-electron chi connectivity index (χ4n) is 2.08. The zero-order valence-corrected chi connectivity index (χ0v) is 10.4. The van der Waals surface area contributed by atoms with Crippen molar-refractivity contribution in [3.63, 3.8) is 0 Å². The van der Waals surface area contributed by atoms with Crippen LogP contribution in [-0.4, -0.2) is 34.9 Å². The van der Waals surface area contributed by atoms with Crippen LogP contribution in [0, 0.1) is 0 Å². The monoisotopic (exact) mass is 266 g/mol. The Morgan fingerprint density at radius 2 is 2.10 bits per heavy atom. The highest BCUT2D eigenvalue weighted by Crippen LogP contribution is 2.15. The largest absolute Gasteiger partial charge is 0.349 e. The second kappa shape index (κ2) is 4.26. The average Bonchev–Trinajstić information content (AvgIpc) is 3.12. The summed E-state index contributed by atoms with van der Waals surface area (Å²) in [4.78, 5) is 15.4. The number of anilines is 1. The SMILES string of the molecule is c1ccc2c(c1)nnn2CNc1ncnc2nc[nH]c12. The molecule has 0 saturated heterocycles. The predicted molar refractivity (Wildman–Crippen MR) is 72.8 cm³/mol. The highest BCUT2D eigenvalue weighted by Gasteiger charge is 2.07. The van der Waals surface area contributed by atoms with Crippen molar-refractivity contribution in [1.82, 2.24) is 34.9 Å². The van der Waals surface area contributed by atoms with Gasteiger partial charge in [-0.15, -0.1) is 5.10 Å². The molecule has 4 aromatic rings. The van der Waals surface area contributed by atoms with E-state index in [1.807, 2.05) is 24.3 Å². The number of para-hydroxylation sites is 1. The normalized spacial score (nSPS) is 11.2. The first-order valence-electron chi connectivity index (χ1n) is 6.08. The minimum Gasteiger partial charge on any atom is -0.349 e. The van der Waals surface area contributed by atoms with Gasteiger partial charge in [-0.2, -0.15) is 0 Å². The first-order valence-corrected chi connectivity index (χ1v) is 6.08. The van der Waals surface area contributed by atoms with E-state index in [1.165, 1.54) is 6.33 Å². The zero-order valence-electron chi connectivity index (χ0n) is 10.4. The van der Waals surface area contributed by atoms with Gasteiger partial charge < -0.3 is 10.3 Å². The number of hydrogen-bond donors (Lipinski definition) is 2. The third kappa shape index (κ3) is 1.66. The molecule has 8 nitrogen and oxygen atoms in total. The Morgan fingerprint density at radius 3 is 3.10 bits per heavy atom. The number of fused-ring (bicyclic) bond motifs is 2. The Balaban J connectivity index is 1.66. The molecular formula is C12H10N8. The lowest BCUT2D eigenvalue weighted by Crippen LogP contribution is -2.11. The lowest BCUT2D eigenvalue weighted by Gasteiger charge is -2.06. The molecule has 1 aromatic carbocycles. The molecule has 20 heavy (non-hydrogen) atoms. The molecule has 2 N–H and O–H groups in total. The van der Waals surface area contributed by atoms with Crippen LogP contribution >= 0.6 is 0 Å². The fourth-order valence-corrected chi connectivity index (χ4v) is 2.08. The van der Waals surface area contributed by atoms with E-state index in [1.54, 1.807) is 11.0 Å². The van der Waals surface area contributed by atoms with Gasteiger partial charge in [0, 0.05) is 0 Å². The molecule has 0 bridgehead atoms. The molecular weight excluding hydrogens is 256 g/mol. The van der Waals surface area contributed by atoms with E-state index in [4.69, 9.17) is 0 Å². The van der Waals surface area contributed by atoms with Crippen LogP contribution < -0.4 is 5.32 Å². The lowest BCUT2D eigenvalue weighted by atomic mass is 10.3. The Bertz CT molecular complexity index is 877. The van der Waals surface area contributed by atoms with Gasteiger partial charge in [-0.05, 0) is 12.1 Å². The van der Waals surface area contributed by atoms with E-state index in [0.717, 1.165) is 16.6 Å². The highest BCUT2D eigenvalue weighted by molar-refractivity contribution is 5.81. The Morgan fingerprint density at radius 1 is 1.15 bits per heavy atom. The van der Waals surface area contributed by atoms with E-state index < -0.39 is 0 Å². The van der Waals surface area contributed by atoms with Crippen molar-refractivity contribution >= 4 is 28.0 Å². The number of hydrogen-bond acceptors (Lipinski definition) is 6. The minimum atomic E-state index is 0.464. The second-order valence-corrected chi connectivity index (χ2v) is 4.24. The molecule has 3 heterocycles. The van der Waals surface area contributed by atoms with E-state index in [2.05, 4.69) is 35.6 Å². The van der Waals surface area contributed by atoms with Gasteiger partial charge in [0.05, 0.1) is 11.8 Å². The van der Waals surface area contributed by atoms with Crippen LogP contribution in [0.3, 0.4) is 0 Å². The van der Waals surface area contributed by atoms with Crippen LogP contribution in [0.1, 0.15) is 0 Å². The van der Waals surface area contributed by atoms with Crippen LogP contribution in [0.4, 0.5) is 5.82 Å². The molecule has 0 aliphatic rings. The molecule has 0 saturated carbocycles. The summed E-state index contributed by atoms with van der Waals surface area (Å²) in [5.74, 6) is 0.687. The molecule has 0 radical (unpaired) electrons. The molecule has 8 heteroatoms. The van der Waals surface area contributed by atoms with Gasteiger partial charge >= 0.3 is 0 Å². The standard InChI is InChI=1S/C12H10N8/c1-2-4-9-8(3-1)18-19-20(9)7-17-12-10-11(14-5-13-10)15-6-16-12/h1-6H,7H2,(H2,13,14,15,16,17). The average molecular weight is 266 g/mol. The van der Waals surface area contributed by atoms with Crippen LogP contribution in [0.2, 0.25) is 0 Å². The summed E-state index contributed by atoms with van der Waals surface area (Å²) >= 11 is 0. The number of aromatic nitrogens is 7. The molecule has 0 atom stereocenters. The number of nitrogens with zero attached hydrogens (tertiary/aromatic N) is 6. The Kier molecular flexibility index (Phi) is 2.31. The van der Waals surface area contributed by atoms with Gasteiger partial charge in [0.25, 0.3) is 0 Å². The third-order valence-corrected chi connectivity index (χ3v) is 3.04. The maximum atomic E-state index is 4.20. The maximum Gasteiger partial charge on any atom is 0.182 e. The predicted octanol–water partition coefficient (Wildman–Crippen LogP) is 1.17. The van der Waals surface area contributed by atoms with E-state index in [0.29, 0.717) is 18.1 Å². The van der Waals surface area contributed by atoms with Gasteiger partial charge in [0.2, 0.25) is 0 Å². The van der Waals surface area contributed by atoms with Gasteiger partial charge in [-0.25, -0.2) is 19.6 Å². The van der Waals surface area contributed by atoms with Crippen molar-refractivity contribution in [2.75, 3.05) is 5.32 Å². The second-order valence-electron chi connectivity index (χ2n) is 4.24. The van der Waals surface area contributed by atoms with Crippen molar-refractivity contribution < 1.29 is 0 Å². The number of nitrogens with one attached hydrogen (secondary N) is 2. The maximum absolute atomic E-state index is 4.20.